The third-order valence-corrected chi connectivity index (χ3v) is 5.50. The minimum Gasteiger partial charge on any atom is -0.334 e. The van der Waals surface area contributed by atoms with Gasteiger partial charge in [0, 0.05) is 11.1 Å². The second kappa shape index (κ2) is 6.07. The van der Waals surface area contributed by atoms with Gasteiger partial charge in [0.2, 0.25) is 0 Å². The molecule has 25 heavy (non-hydrogen) atoms. The van der Waals surface area contributed by atoms with Gasteiger partial charge in [-0.25, -0.2) is 0 Å². The molecule has 2 N–H and O–H groups in total. The Morgan fingerprint density at radius 1 is 1.00 bits per heavy atom. The second-order valence-corrected chi connectivity index (χ2v) is 7.07. The molecule has 130 valence electrons. The average molecular weight is 357 g/mol. The number of pyridine rings is 1. The lowest BCUT2D eigenvalue weighted by Gasteiger charge is -2.17. The summed E-state index contributed by atoms with van der Waals surface area (Å²) < 4.78 is 5.69. The SMILES string of the molecule is Cl.NC1(c2noc(-c3c4c(nc5ccccc35)CCC4)n2)CCCC1. The molecule has 0 spiro atoms. The summed E-state index contributed by atoms with van der Waals surface area (Å²) in [5, 5.41) is 5.34. The third kappa shape index (κ3) is 2.53. The maximum Gasteiger partial charge on any atom is 0.259 e. The Hall–Kier alpha value is -1.98. The van der Waals surface area contributed by atoms with Crippen LogP contribution in [-0.2, 0) is 18.4 Å². The fourth-order valence-electron chi connectivity index (χ4n) is 4.21. The van der Waals surface area contributed by atoms with Crippen molar-refractivity contribution < 1.29 is 4.52 Å². The van der Waals surface area contributed by atoms with Gasteiger partial charge >= 0.3 is 0 Å². The van der Waals surface area contributed by atoms with E-state index in [1.165, 1.54) is 11.3 Å². The number of rotatable bonds is 2. The van der Waals surface area contributed by atoms with E-state index in [1.807, 2.05) is 12.1 Å². The standard InChI is InChI=1S/C19H20N4O.ClH/c20-19(10-3-4-11-19)18-22-17(24-23-18)16-12-6-1-2-8-14(12)21-15-9-5-7-13(15)16;/h1-2,6,8H,3-5,7,9-11,20H2;1H. The van der Waals surface area contributed by atoms with Gasteiger partial charge in [-0.05, 0) is 43.7 Å². The van der Waals surface area contributed by atoms with E-state index < -0.39 is 5.54 Å². The molecule has 2 aliphatic carbocycles. The van der Waals surface area contributed by atoms with Crippen molar-refractivity contribution in [3.05, 3.63) is 41.3 Å². The Morgan fingerprint density at radius 2 is 1.80 bits per heavy atom. The van der Waals surface area contributed by atoms with Crippen LogP contribution in [0.25, 0.3) is 22.4 Å². The molecule has 5 rings (SSSR count). The molecule has 2 heterocycles. The lowest BCUT2D eigenvalue weighted by molar-refractivity contribution is 0.372. The van der Waals surface area contributed by atoms with Crippen LogP contribution in [0.1, 0.15) is 49.2 Å². The van der Waals surface area contributed by atoms with Gasteiger partial charge in [-0.1, -0.05) is 36.2 Å². The number of nitrogens with two attached hydrogens (primary N) is 1. The Kier molecular flexibility index (Phi) is 4.01. The molecule has 0 aliphatic heterocycles. The van der Waals surface area contributed by atoms with Crippen molar-refractivity contribution in [1.82, 2.24) is 15.1 Å². The predicted octanol–water partition coefficient (Wildman–Crippen LogP) is 3.92. The Balaban J connectivity index is 0.00000157. The van der Waals surface area contributed by atoms with Crippen molar-refractivity contribution >= 4 is 23.3 Å². The van der Waals surface area contributed by atoms with E-state index in [2.05, 4.69) is 17.3 Å². The highest BCUT2D eigenvalue weighted by Gasteiger charge is 2.36. The maximum atomic E-state index is 6.50. The summed E-state index contributed by atoms with van der Waals surface area (Å²) in [5.41, 5.74) is 10.6. The third-order valence-electron chi connectivity index (χ3n) is 5.50. The Labute approximate surface area is 152 Å². The van der Waals surface area contributed by atoms with Crippen LogP contribution in [0.4, 0.5) is 0 Å². The highest BCUT2D eigenvalue weighted by molar-refractivity contribution is 5.94. The number of aromatic nitrogens is 3. The molecule has 0 atom stereocenters. The van der Waals surface area contributed by atoms with Gasteiger partial charge in [0.05, 0.1) is 16.6 Å². The molecule has 0 unspecified atom stereocenters. The normalized spacial score (nSPS) is 18.3. The van der Waals surface area contributed by atoms with Gasteiger partial charge in [0.1, 0.15) is 0 Å². The van der Waals surface area contributed by atoms with Gasteiger partial charge in [0.25, 0.3) is 5.89 Å². The lowest BCUT2D eigenvalue weighted by Crippen LogP contribution is -2.34. The highest BCUT2D eigenvalue weighted by atomic mass is 35.5. The minimum atomic E-state index is -0.423. The highest BCUT2D eigenvalue weighted by Crippen LogP contribution is 2.39. The fourth-order valence-corrected chi connectivity index (χ4v) is 4.21. The van der Waals surface area contributed by atoms with Crippen molar-refractivity contribution in [2.24, 2.45) is 5.73 Å². The van der Waals surface area contributed by atoms with E-state index in [9.17, 15) is 0 Å². The summed E-state index contributed by atoms with van der Waals surface area (Å²) in [6.07, 6.45) is 7.31. The predicted molar refractivity (Wildman–Crippen MR) is 98.6 cm³/mol. The number of hydrogen-bond donors (Lipinski definition) is 1. The first-order valence-corrected chi connectivity index (χ1v) is 8.78. The number of para-hydroxylation sites is 1. The summed E-state index contributed by atoms with van der Waals surface area (Å²) in [7, 11) is 0. The Bertz CT molecular complexity index is 930. The van der Waals surface area contributed by atoms with E-state index in [0.717, 1.165) is 61.4 Å². The molecule has 1 fully saturated rings. The number of benzene rings is 1. The topological polar surface area (TPSA) is 77.8 Å². The van der Waals surface area contributed by atoms with Crippen LogP contribution in [-0.4, -0.2) is 15.1 Å². The van der Waals surface area contributed by atoms with Gasteiger partial charge in [-0.2, -0.15) is 4.98 Å². The average Bonchev–Trinajstić information content (AvgIpc) is 3.33. The largest absolute Gasteiger partial charge is 0.334 e. The number of hydrogen-bond acceptors (Lipinski definition) is 5. The van der Waals surface area contributed by atoms with E-state index in [0.29, 0.717) is 11.7 Å². The first-order valence-electron chi connectivity index (χ1n) is 8.78. The molecule has 2 aliphatic rings. The smallest absolute Gasteiger partial charge is 0.259 e. The molecule has 1 aromatic carbocycles. The maximum absolute atomic E-state index is 6.50. The molecule has 0 saturated heterocycles. The Morgan fingerprint density at radius 3 is 2.64 bits per heavy atom. The van der Waals surface area contributed by atoms with Crippen molar-refractivity contribution in [1.29, 1.82) is 0 Å². The zero-order valence-electron chi connectivity index (χ0n) is 14.0. The van der Waals surface area contributed by atoms with Crippen LogP contribution in [0.2, 0.25) is 0 Å². The summed E-state index contributed by atoms with van der Waals surface area (Å²) >= 11 is 0. The van der Waals surface area contributed by atoms with Crippen LogP contribution in [0.15, 0.2) is 28.8 Å². The molecule has 1 saturated carbocycles. The first-order chi connectivity index (χ1) is 11.7. The van der Waals surface area contributed by atoms with Crippen molar-refractivity contribution in [3.8, 4) is 11.5 Å². The van der Waals surface area contributed by atoms with Crippen LogP contribution in [0.3, 0.4) is 0 Å². The van der Waals surface area contributed by atoms with Crippen LogP contribution in [0.5, 0.6) is 0 Å². The molecule has 0 amide bonds. The molecular weight excluding hydrogens is 336 g/mol. The monoisotopic (exact) mass is 356 g/mol. The number of aryl methyl sites for hydroxylation is 1. The van der Waals surface area contributed by atoms with Gasteiger partial charge < -0.3 is 10.3 Å². The van der Waals surface area contributed by atoms with E-state index >= 15 is 0 Å². The number of fused-ring (bicyclic) bond motifs is 2. The van der Waals surface area contributed by atoms with Crippen LogP contribution in [0, 0.1) is 0 Å². The molecule has 3 aromatic rings. The quantitative estimate of drug-likeness (QED) is 0.752. The number of halogens is 1. The van der Waals surface area contributed by atoms with Gasteiger partial charge in [-0.3, -0.25) is 4.98 Å². The molecule has 0 bridgehead atoms. The van der Waals surface area contributed by atoms with Gasteiger partial charge in [-0.15, -0.1) is 12.4 Å². The fraction of sp³-hybridized carbons (Fsp3) is 0.421. The van der Waals surface area contributed by atoms with Crippen molar-refractivity contribution in [2.45, 2.75) is 50.5 Å². The number of nitrogens with zero attached hydrogens (tertiary/aromatic N) is 3. The van der Waals surface area contributed by atoms with E-state index in [1.54, 1.807) is 0 Å². The molecule has 0 radical (unpaired) electrons. The molecular formula is C19H21ClN4O. The summed E-state index contributed by atoms with van der Waals surface area (Å²) in [4.78, 5) is 9.56. The molecule has 5 nitrogen and oxygen atoms in total. The van der Waals surface area contributed by atoms with Crippen LogP contribution < -0.4 is 5.73 Å². The lowest BCUT2D eigenvalue weighted by atomic mass is 9.98. The molecule has 6 heteroatoms. The second-order valence-electron chi connectivity index (χ2n) is 7.07. The zero-order valence-corrected chi connectivity index (χ0v) is 14.8. The summed E-state index contributed by atoms with van der Waals surface area (Å²) in [6, 6.07) is 8.20. The molecule has 2 aromatic heterocycles. The minimum absolute atomic E-state index is 0. The van der Waals surface area contributed by atoms with E-state index in [-0.39, 0.29) is 12.4 Å². The van der Waals surface area contributed by atoms with E-state index in [4.69, 9.17) is 20.2 Å². The van der Waals surface area contributed by atoms with Crippen LogP contribution >= 0.6 is 12.4 Å². The first kappa shape index (κ1) is 16.5. The zero-order chi connectivity index (χ0) is 16.1. The summed E-state index contributed by atoms with van der Waals surface area (Å²) in [6.45, 7) is 0. The summed E-state index contributed by atoms with van der Waals surface area (Å²) in [5.74, 6) is 1.25. The van der Waals surface area contributed by atoms with Gasteiger partial charge in [0.15, 0.2) is 5.82 Å². The van der Waals surface area contributed by atoms with Crippen molar-refractivity contribution in [2.75, 3.05) is 0 Å². The van der Waals surface area contributed by atoms with Crippen molar-refractivity contribution in [3.63, 3.8) is 0 Å².